The first-order valence-electron chi connectivity index (χ1n) is 12.6. The van der Waals surface area contributed by atoms with E-state index >= 15 is 4.39 Å². The highest BCUT2D eigenvalue weighted by Crippen LogP contribution is 2.36. The third kappa shape index (κ3) is 7.17. The molecule has 3 aromatic rings. The van der Waals surface area contributed by atoms with E-state index in [0.717, 1.165) is 49.1 Å². The van der Waals surface area contributed by atoms with Gasteiger partial charge >= 0.3 is 5.97 Å². The molecule has 3 heterocycles. The maximum Gasteiger partial charge on any atom is 0.303 e. The third-order valence-electron chi connectivity index (χ3n) is 7.14. The predicted molar refractivity (Wildman–Crippen MR) is 141 cm³/mol. The quantitative estimate of drug-likeness (QED) is 0.298. The number of carbonyl (C=O) groups is 1. The van der Waals surface area contributed by atoms with Gasteiger partial charge in [0.15, 0.2) is 0 Å². The van der Waals surface area contributed by atoms with Crippen molar-refractivity contribution in [3.05, 3.63) is 60.6 Å². The number of hydrogen-bond acceptors (Lipinski definition) is 6. The minimum absolute atomic E-state index is 0.161. The molecule has 2 aromatic heterocycles. The number of aromatic nitrogens is 2. The molecule has 1 fully saturated rings. The number of thioether (sulfide) groups is 1. The zero-order valence-electron chi connectivity index (χ0n) is 20.7. The fourth-order valence-electron chi connectivity index (χ4n) is 5.16. The summed E-state index contributed by atoms with van der Waals surface area (Å²) in [6.07, 6.45) is 7.11. The summed E-state index contributed by atoms with van der Waals surface area (Å²) < 4.78 is 20.8. The second-order valence-electron chi connectivity index (χ2n) is 9.40. The zero-order chi connectivity index (χ0) is 25.3. The number of rotatable bonds is 12. The largest absolute Gasteiger partial charge is 0.497 e. The third-order valence-corrected chi connectivity index (χ3v) is 8.13. The van der Waals surface area contributed by atoms with Gasteiger partial charge in [-0.25, -0.2) is 4.39 Å². The maximum atomic E-state index is 15.5. The van der Waals surface area contributed by atoms with Crippen molar-refractivity contribution >= 4 is 28.6 Å². The summed E-state index contributed by atoms with van der Waals surface area (Å²) in [5.41, 5.74) is 1.40. The lowest BCUT2D eigenvalue weighted by atomic mass is 9.79. The molecular formula is C28H34FN3O3S. The summed E-state index contributed by atoms with van der Waals surface area (Å²) in [5, 5.41) is 10.1. The predicted octanol–water partition coefficient (Wildman–Crippen LogP) is 6.02. The number of likely N-dealkylation sites (tertiary alicyclic amines) is 1. The number of fused-ring (bicyclic) bond motifs is 1. The molecule has 0 radical (unpaired) electrons. The number of pyridine rings is 2. The van der Waals surface area contributed by atoms with Gasteiger partial charge in [-0.2, -0.15) is 0 Å². The van der Waals surface area contributed by atoms with Gasteiger partial charge in [-0.1, -0.05) is 0 Å². The van der Waals surface area contributed by atoms with Crippen molar-refractivity contribution in [1.82, 2.24) is 14.9 Å². The molecule has 1 aliphatic rings. The van der Waals surface area contributed by atoms with Crippen LogP contribution in [0.15, 0.2) is 59.9 Å². The van der Waals surface area contributed by atoms with E-state index in [1.54, 1.807) is 31.8 Å². The van der Waals surface area contributed by atoms with E-state index in [1.165, 1.54) is 4.90 Å². The molecular weight excluding hydrogens is 477 g/mol. The van der Waals surface area contributed by atoms with E-state index in [9.17, 15) is 9.90 Å². The van der Waals surface area contributed by atoms with Gasteiger partial charge in [0.1, 0.15) is 11.9 Å². The SMILES string of the molecule is COc1ccc2nccc(C(F)CC[C@@H]3CCN(CCSc4ccncc4)C[C@@H]3CCC(=O)O)c2c1. The van der Waals surface area contributed by atoms with Gasteiger partial charge in [-0.15, -0.1) is 11.8 Å². The number of carboxylic acids is 1. The van der Waals surface area contributed by atoms with Crippen LogP contribution in [0.2, 0.25) is 0 Å². The summed E-state index contributed by atoms with van der Waals surface area (Å²) in [5.74, 6) is 1.49. The average molecular weight is 512 g/mol. The van der Waals surface area contributed by atoms with E-state index in [0.29, 0.717) is 30.1 Å². The van der Waals surface area contributed by atoms with Crippen LogP contribution in [0, 0.1) is 11.8 Å². The van der Waals surface area contributed by atoms with Crippen molar-refractivity contribution in [2.45, 2.75) is 43.2 Å². The molecule has 0 aliphatic carbocycles. The van der Waals surface area contributed by atoms with Crippen molar-refractivity contribution in [3.8, 4) is 5.75 Å². The van der Waals surface area contributed by atoms with Gasteiger partial charge in [0.25, 0.3) is 0 Å². The molecule has 192 valence electrons. The molecule has 36 heavy (non-hydrogen) atoms. The standard InChI is InChI=1S/C28H34FN3O3S/c1-35-22-4-6-27-25(18-22)24(10-14-31-27)26(29)5-2-20-11-15-32(19-21(20)3-7-28(33)34)16-17-36-23-8-12-30-13-9-23/h4,6,8-10,12-14,18,20-21,26H,2-3,5,7,11,15-17,19H2,1H3,(H,33,34)/t20-,21+,26?/m1/s1. The van der Waals surface area contributed by atoms with Crippen molar-refractivity contribution in [2.24, 2.45) is 11.8 Å². The monoisotopic (exact) mass is 511 g/mol. The zero-order valence-corrected chi connectivity index (χ0v) is 21.5. The molecule has 0 bridgehead atoms. The lowest BCUT2D eigenvalue weighted by Gasteiger charge is -2.39. The number of ether oxygens (including phenoxy) is 1. The van der Waals surface area contributed by atoms with Crippen LogP contribution < -0.4 is 4.74 Å². The molecule has 1 unspecified atom stereocenters. The summed E-state index contributed by atoms with van der Waals surface area (Å²) in [7, 11) is 1.60. The second kappa shape index (κ2) is 13.0. The lowest BCUT2D eigenvalue weighted by Crippen LogP contribution is -2.41. The highest BCUT2D eigenvalue weighted by molar-refractivity contribution is 7.99. The maximum absolute atomic E-state index is 15.5. The van der Waals surface area contributed by atoms with Crippen molar-refractivity contribution < 1.29 is 19.0 Å². The molecule has 1 aromatic carbocycles. The van der Waals surface area contributed by atoms with E-state index in [1.807, 2.05) is 42.1 Å². The van der Waals surface area contributed by atoms with Crippen LogP contribution >= 0.6 is 11.8 Å². The topological polar surface area (TPSA) is 75.5 Å². The molecule has 6 nitrogen and oxygen atoms in total. The Morgan fingerprint density at radius 3 is 2.81 bits per heavy atom. The molecule has 1 N–H and O–H groups in total. The number of hydrogen-bond donors (Lipinski definition) is 1. The summed E-state index contributed by atoms with van der Waals surface area (Å²) in [6.45, 7) is 2.80. The van der Waals surface area contributed by atoms with Crippen LogP contribution in [0.1, 0.15) is 43.8 Å². The fourth-order valence-corrected chi connectivity index (χ4v) is 6.06. The second-order valence-corrected chi connectivity index (χ2v) is 10.6. The highest BCUT2D eigenvalue weighted by Gasteiger charge is 2.30. The molecule has 0 spiro atoms. The first-order chi connectivity index (χ1) is 17.5. The average Bonchev–Trinajstić information content (AvgIpc) is 2.91. The fraction of sp³-hybridized carbons (Fsp3) is 0.464. The summed E-state index contributed by atoms with van der Waals surface area (Å²) in [4.78, 5) is 23.4. The van der Waals surface area contributed by atoms with Crippen LogP contribution in [0.3, 0.4) is 0 Å². The molecule has 3 atom stereocenters. The van der Waals surface area contributed by atoms with Crippen LogP contribution in [0.25, 0.3) is 10.9 Å². The Bertz CT molecular complexity index is 1130. The van der Waals surface area contributed by atoms with E-state index in [2.05, 4.69) is 14.9 Å². The van der Waals surface area contributed by atoms with E-state index in [-0.39, 0.29) is 12.3 Å². The number of piperidine rings is 1. The Morgan fingerprint density at radius 2 is 2.03 bits per heavy atom. The number of halogens is 1. The van der Waals surface area contributed by atoms with Crippen molar-refractivity contribution in [2.75, 3.05) is 32.5 Å². The van der Waals surface area contributed by atoms with E-state index < -0.39 is 12.1 Å². The molecule has 0 amide bonds. The van der Waals surface area contributed by atoms with Gasteiger partial charge in [0, 0.05) is 54.1 Å². The summed E-state index contributed by atoms with van der Waals surface area (Å²) >= 11 is 1.81. The molecule has 1 aliphatic heterocycles. The van der Waals surface area contributed by atoms with E-state index in [4.69, 9.17) is 4.74 Å². The number of benzene rings is 1. The van der Waals surface area contributed by atoms with Crippen LogP contribution in [0.5, 0.6) is 5.75 Å². The Hall–Kier alpha value is -2.71. The normalized spacial score (nSPS) is 19.3. The van der Waals surface area contributed by atoms with Crippen LogP contribution in [-0.2, 0) is 4.79 Å². The van der Waals surface area contributed by atoms with Gasteiger partial charge < -0.3 is 14.7 Å². The number of aliphatic carboxylic acids is 1. The Balaban J connectivity index is 1.35. The van der Waals surface area contributed by atoms with Crippen molar-refractivity contribution in [3.63, 3.8) is 0 Å². The minimum Gasteiger partial charge on any atom is -0.497 e. The minimum atomic E-state index is -1.10. The first-order valence-corrected chi connectivity index (χ1v) is 13.6. The van der Waals surface area contributed by atoms with Gasteiger partial charge in [0.05, 0.1) is 12.6 Å². The van der Waals surface area contributed by atoms with Gasteiger partial charge in [0.2, 0.25) is 0 Å². The van der Waals surface area contributed by atoms with Crippen LogP contribution in [0.4, 0.5) is 4.39 Å². The van der Waals surface area contributed by atoms with Gasteiger partial charge in [-0.3, -0.25) is 14.8 Å². The van der Waals surface area contributed by atoms with Crippen LogP contribution in [-0.4, -0.2) is 58.4 Å². The number of nitrogens with zero attached hydrogens (tertiary/aromatic N) is 3. The molecule has 4 rings (SSSR count). The lowest BCUT2D eigenvalue weighted by molar-refractivity contribution is -0.137. The number of alkyl halides is 1. The Morgan fingerprint density at radius 1 is 1.19 bits per heavy atom. The molecule has 1 saturated heterocycles. The van der Waals surface area contributed by atoms with Crippen molar-refractivity contribution in [1.29, 1.82) is 0 Å². The number of carboxylic acid groups (broad SMARTS) is 1. The number of methoxy groups -OCH3 is 1. The molecule has 0 saturated carbocycles. The van der Waals surface area contributed by atoms with Gasteiger partial charge in [-0.05, 0) is 86.0 Å². The molecule has 8 heteroatoms. The highest BCUT2D eigenvalue weighted by atomic mass is 32.2. The first kappa shape index (κ1) is 26.4. The summed E-state index contributed by atoms with van der Waals surface area (Å²) in [6, 6.07) is 11.3. The Labute approximate surface area is 216 Å². The smallest absolute Gasteiger partial charge is 0.303 e. The Kier molecular flexibility index (Phi) is 9.53.